The molecule has 1 aromatic carbocycles. The van der Waals surface area contributed by atoms with Gasteiger partial charge in [0.2, 0.25) is 11.8 Å². The van der Waals surface area contributed by atoms with Crippen LogP contribution < -0.4 is 5.32 Å². The maximum atomic E-state index is 12.7. The summed E-state index contributed by atoms with van der Waals surface area (Å²) in [6.07, 6.45) is 0. The Morgan fingerprint density at radius 1 is 1.07 bits per heavy atom. The van der Waals surface area contributed by atoms with E-state index in [0.717, 1.165) is 39.3 Å². The molecule has 1 aliphatic heterocycles. The number of hydrogen-bond donors (Lipinski definition) is 1. The van der Waals surface area contributed by atoms with Crippen LogP contribution in [0.2, 0.25) is 0 Å². The predicted octanol–water partition coefficient (Wildman–Crippen LogP) is 1.70. The molecule has 0 saturated carbocycles. The summed E-state index contributed by atoms with van der Waals surface area (Å²) in [4.78, 5) is 42.8. The van der Waals surface area contributed by atoms with Gasteiger partial charge in [-0.2, -0.15) is 0 Å². The van der Waals surface area contributed by atoms with Crippen molar-refractivity contribution >= 4 is 23.3 Å². The van der Waals surface area contributed by atoms with Gasteiger partial charge >= 0.3 is 0 Å². The number of anilines is 1. The molecule has 2 rings (SSSR count). The fourth-order valence-electron chi connectivity index (χ4n) is 3.48. The van der Waals surface area contributed by atoms with E-state index < -0.39 is 0 Å². The van der Waals surface area contributed by atoms with Crippen molar-refractivity contribution in [1.29, 1.82) is 0 Å². The summed E-state index contributed by atoms with van der Waals surface area (Å²) >= 11 is 0. The minimum Gasteiger partial charge on any atom is -0.342 e. The van der Waals surface area contributed by atoms with Crippen LogP contribution in [0.15, 0.2) is 24.3 Å². The van der Waals surface area contributed by atoms with Crippen molar-refractivity contribution in [2.75, 3.05) is 51.1 Å². The summed E-state index contributed by atoms with van der Waals surface area (Å²) in [7, 11) is 0. The fourth-order valence-corrected chi connectivity index (χ4v) is 3.48. The molecule has 0 aliphatic carbocycles. The second-order valence-corrected chi connectivity index (χ2v) is 7.15. The number of piperazine rings is 1. The zero-order valence-corrected chi connectivity index (χ0v) is 17.4. The molecule has 7 nitrogen and oxygen atoms in total. The van der Waals surface area contributed by atoms with Gasteiger partial charge in [-0.25, -0.2) is 0 Å². The van der Waals surface area contributed by atoms with Crippen LogP contribution in [0.3, 0.4) is 0 Å². The summed E-state index contributed by atoms with van der Waals surface area (Å²) in [5.74, 6) is -0.0403. The first-order chi connectivity index (χ1) is 13.4. The van der Waals surface area contributed by atoms with E-state index in [1.807, 2.05) is 25.7 Å². The molecular weight excluding hydrogens is 356 g/mol. The summed E-state index contributed by atoms with van der Waals surface area (Å²) in [5, 5.41) is 2.89. The number of ketones is 1. The quantitative estimate of drug-likeness (QED) is 0.687. The van der Waals surface area contributed by atoms with Crippen LogP contribution in [0, 0.1) is 0 Å². The molecule has 0 spiro atoms. The van der Waals surface area contributed by atoms with Gasteiger partial charge in [-0.15, -0.1) is 0 Å². The van der Waals surface area contributed by atoms with Gasteiger partial charge in [-0.3, -0.25) is 24.2 Å². The highest BCUT2D eigenvalue weighted by Crippen LogP contribution is 2.17. The largest absolute Gasteiger partial charge is 0.342 e. The maximum Gasteiger partial charge on any atom is 0.241 e. The van der Waals surface area contributed by atoms with Crippen LogP contribution in [0.1, 0.15) is 38.1 Å². The van der Waals surface area contributed by atoms with Gasteiger partial charge in [0.25, 0.3) is 0 Å². The lowest BCUT2D eigenvalue weighted by Gasteiger charge is -2.37. The maximum absolute atomic E-state index is 12.7. The van der Waals surface area contributed by atoms with Gasteiger partial charge < -0.3 is 10.2 Å². The average Bonchev–Trinajstić information content (AvgIpc) is 2.69. The summed E-state index contributed by atoms with van der Waals surface area (Å²) < 4.78 is 0. The molecule has 1 N–H and O–H groups in total. The lowest BCUT2D eigenvalue weighted by Crippen LogP contribution is -2.54. The van der Waals surface area contributed by atoms with Gasteiger partial charge in [0, 0.05) is 44.8 Å². The Morgan fingerprint density at radius 2 is 1.68 bits per heavy atom. The van der Waals surface area contributed by atoms with E-state index in [4.69, 9.17) is 0 Å². The number of rotatable bonds is 8. The number of benzene rings is 1. The number of likely N-dealkylation sites (N-methyl/N-ethyl adjacent to an activating group) is 1. The molecule has 1 unspecified atom stereocenters. The number of hydrogen-bond acceptors (Lipinski definition) is 5. The molecule has 0 radical (unpaired) electrons. The van der Waals surface area contributed by atoms with Crippen molar-refractivity contribution in [2.24, 2.45) is 0 Å². The minimum absolute atomic E-state index is 0.0740. The van der Waals surface area contributed by atoms with Crippen molar-refractivity contribution in [3.63, 3.8) is 0 Å². The molecular formula is C21H32N4O3. The van der Waals surface area contributed by atoms with Crippen LogP contribution in [0.4, 0.5) is 5.69 Å². The molecule has 1 fully saturated rings. The SMILES string of the molecule is CCN(CC)C(=O)CN1CCN(C(C)C(=O)Nc2ccccc2C(C)=O)CC1. The zero-order valence-electron chi connectivity index (χ0n) is 17.4. The van der Waals surface area contributed by atoms with Gasteiger partial charge in [0.15, 0.2) is 5.78 Å². The summed E-state index contributed by atoms with van der Waals surface area (Å²) in [5.41, 5.74) is 1.07. The van der Waals surface area contributed by atoms with E-state index in [-0.39, 0.29) is 23.6 Å². The molecule has 1 heterocycles. The highest BCUT2D eigenvalue weighted by molar-refractivity contribution is 6.04. The second-order valence-electron chi connectivity index (χ2n) is 7.15. The van der Waals surface area contributed by atoms with E-state index in [0.29, 0.717) is 17.8 Å². The molecule has 1 atom stereocenters. The van der Waals surface area contributed by atoms with Crippen molar-refractivity contribution in [2.45, 2.75) is 33.7 Å². The van der Waals surface area contributed by atoms with E-state index >= 15 is 0 Å². The smallest absolute Gasteiger partial charge is 0.241 e. The molecule has 28 heavy (non-hydrogen) atoms. The Morgan fingerprint density at radius 3 is 2.25 bits per heavy atom. The third-order valence-corrected chi connectivity index (χ3v) is 5.37. The molecule has 1 saturated heterocycles. The average molecular weight is 389 g/mol. The lowest BCUT2D eigenvalue weighted by atomic mass is 10.1. The molecule has 154 valence electrons. The van der Waals surface area contributed by atoms with Crippen LogP contribution in [0.5, 0.6) is 0 Å². The van der Waals surface area contributed by atoms with Gasteiger partial charge in [-0.1, -0.05) is 12.1 Å². The molecule has 7 heteroatoms. The molecule has 0 aromatic heterocycles. The summed E-state index contributed by atoms with van der Waals surface area (Å²) in [6.45, 7) is 12.2. The van der Waals surface area contributed by atoms with Crippen molar-refractivity contribution in [3.8, 4) is 0 Å². The number of nitrogens with one attached hydrogen (secondary N) is 1. The second kappa shape index (κ2) is 10.3. The van der Waals surface area contributed by atoms with E-state index in [9.17, 15) is 14.4 Å². The Hall–Kier alpha value is -2.25. The third-order valence-electron chi connectivity index (χ3n) is 5.37. The first-order valence-electron chi connectivity index (χ1n) is 10.0. The Bertz CT molecular complexity index is 695. The number of para-hydroxylation sites is 1. The number of carbonyl (C=O) groups excluding carboxylic acids is 3. The highest BCUT2D eigenvalue weighted by atomic mass is 16.2. The van der Waals surface area contributed by atoms with Crippen molar-refractivity contribution in [1.82, 2.24) is 14.7 Å². The van der Waals surface area contributed by atoms with Crippen molar-refractivity contribution in [3.05, 3.63) is 29.8 Å². The third kappa shape index (κ3) is 5.62. The zero-order chi connectivity index (χ0) is 20.7. The Kier molecular flexibility index (Phi) is 8.14. The molecule has 1 aliphatic rings. The van der Waals surface area contributed by atoms with Crippen LogP contribution in [-0.2, 0) is 9.59 Å². The highest BCUT2D eigenvalue weighted by Gasteiger charge is 2.27. The van der Waals surface area contributed by atoms with Gasteiger partial charge in [-0.05, 0) is 39.8 Å². The fraction of sp³-hybridized carbons (Fsp3) is 0.571. The molecule has 2 amide bonds. The summed E-state index contributed by atoms with van der Waals surface area (Å²) in [6, 6.07) is 6.75. The standard InChI is InChI=1S/C21H32N4O3/c1-5-24(6-2)20(27)15-23-11-13-25(14-12-23)16(3)21(28)22-19-10-8-7-9-18(19)17(4)26/h7-10,16H,5-6,11-15H2,1-4H3,(H,22,28). The first kappa shape index (κ1) is 22.0. The van der Waals surface area contributed by atoms with E-state index in [1.165, 1.54) is 6.92 Å². The number of carbonyl (C=O) groups is 3. The Labute approximate surface area is 167 Å². The molecule has 0 bridgehead atoms. The molecule has 1 aromatic rings. The lowest BCUT2D eigenvalue weighted by molar-refractivity contribution is -0.133. The van der Waals surface area contributed by atoms with E-state index in [2.05, 4.69) is 15.1 Å². The predicted molar refractivity (Wildman–Crippen MR) is 110 cm³/mol. The van der Waals surface area contributed by atoms with Gasteiger partial charge in [0.1, 0.15) is 0 Å². The first-order valence-corrected chi connectivity index (χ1v) is 10.0. The van der Waals surface area contributed by atoms with Crippen LogP contribution >= 0.6 is 0 Å². The number of amides is 2. The monoisotopic (exact) mass is 388 g/mol. The Balaban J connectivity index is 1.88. The number of Topliss-reactive ketones (excluding diaryl/α,β-unsaturated/α-hetero) is 1. The van der Waals surface area contributed by atoms with Gasteiger partial charge in [0.05, 0.1) is 18.3 Å². The van der Waals surface area contributed by atoms with Crippen molar-refractivity contribution < 1.29 is 14.4 Å². The van der Waals surface area contributed by atoms with E-state index in [1.54, 1.807) is 24.3 Å². The normalized spacial score (nSPS) is 16.4. The topological polar surface area (TPSA) is 73.0 Å². The van der Waals surface area contributed by atoms with Crippen LogP contribution in [-0.4, -0.2) is 84.2 Å². The van der Waals surface area contributed by atoms with Crippen LogP contribution in [0.25, 0.3) is 0 Å². The minimum atomic E-state index is -0.305. The number of nitrogens with zero attached hydrogens (tertiary/aromatic N) is 3.